The molecule has 19 heavy (non-hydrogen) atoms. The molecule has 0 aromatic heterocycles. The minimum absolute atomic E-state index is 0.0177. The van der Waals surface area contributed by atoms with Crippen LogP contribution in [0.25, 0.3) is 0 Å². The van der Waals surface area contributed by atoms with Gasteiger partial charge in [0.05, 0.1) is 0 Å². The van der Waals surface area contributed by atoms with Crippen molar-refractivity contribution in [3.05, 3.63) is 35.4 Å². The first-order valence-electron chi connectivity index (χ1n) is 5.84. The third-order valence-electron chi connectivity index (χ3n) is 3.15. The molecule has 2 unspecified atom stereocenters. The lowest BCUT2D eigenvalue weighted by molar-refractivity contribution is -0.146. The van der Waals surface area contributed by atoms with Crippen LogP contribution in [0.2, 0.25) is 0 Å². The van der Waals surface area contributed by atoms with E-state index in [1.54, 1.807) is 24.3 Å². The molecule has 1 aromatic carbocycles. The van der Waals surface area contributed by atoms with Crippen molar-refractivity contribution < 1.29 is 24.6 Å². The molecule has 6 nitrogen and oxygen atoms in total. The van der Waals surface area contributed by atoms with Gasteiger partial charge in [-0.25, -0.2) is 4.79 Å². The number of aldehydes is 1. The molecule has 2 atom stereocenters. The van der Waals surface area contributed by atoms with E-state index in [1.165, 1.54) is 0 Å². The molecule has 1 aliphatic heterocycles. The van der Waals surface area contributed by atoms with Gasteiger partial charge in [-0.2, -0.15) is 0 Å². The Kier molecular flexibility index (Phi) is 3.62. The molecule has 2 rings (SSSR count). The molecule has 1 amide bonds. The molecule has 0 aliphatic carbocycles. The van der Waals surface area contributed by atoms with E-state index in [0.29, 0.717) is 17.4 Å². The van der Waals surface area contributed by atoms with Crippen LogP contribution in [0.15, 0.2) is 24.3 Å². The van der Waals surface area contributed by atoms with E-state index < -0.39 is 24.1 Å². The fourth-order valence-electron chi connectivity index (χ4n) is 2.24. The van der Waals surface area contributed by atoms with Crippen molar-refractivity contribution >= 4 is 18.2 Å². The monoisotopic (exact) mass is 263 g/mol. The average Bonchev–Trinajstić information content (AvgIpc) is 2.64. The number of aliphatic hydroxyl groups is 1. The summed E-state index contributed by atoms with van der Waals surface area (Å²) in [6.07, 6.45) is -0.688. The van der Waals surface area contributed by atoms with Crippen molar-refractivity contribution in [2.75, 3.05) is 0 Å². The van der Waals surface area contributed by atoms with Crippen LogP contribution in [0.4, 0.5) is 0 Å². The van der Waals surface area contributed by atoms with Crippen molar-refractivity contribution in [2.24, 2.45) is 0 Å². The van der Waals surface area contributed by atoms with Crippen LogP contribution in [0.5, 0.6) is 0 Å². The van der Waals surface area contributed by atoms with Crippen molar-refractivity contribution in [3.8, 4) is 0 Å². The number of benzene rings is 1. The second-order valence-corrected chi connectivity index (χ2v) is 4.27. The summed E-state index contributed by atoms with van der Waals surface area (Å²) in [5.41, 5.74) is 0.692. The first kappa shape index (κ1) is 13.2. The van der Waals surface area contributed by atoms with Crippen LogP contribution >= 0.6 is 0 Å². The lowest BCUT2D eigenvalue weighted by atomic mass is 10.1. The van der Waals surface area contributed by atoms with E-state index in [2.05, 4.69) is 0 Å². The number of carboxylic acid groups (broad SMARTS) is 1. The lowest BCUT2D eigenvalue weighted by Crippen LogP contribution is -2.43. The van der Waals surface area contributed by atoms with Crippen molar-refractivity contribution in [1.29, 1.82) is 0 Å². The zero-order chi connectivity index (χ0) is 14.0. The summed E-state index contributed by atoms with van der Waals surface area (Å²) >= 11 is 0. The van der Waals surface area contributed by atoms with Gasteiger partial charge in [0.2, 0.25) is 0 Å². The highest BCUT2D eigenvalue weighted by Gasteiger charge is 2.42. The number of aliphatic carboxylic acids is 1. The number of carbonyl (C=O) groups is 3. The van der Waals surface area contributed by atoms with E-state index in [0.717, 1.165) is 4.90 Å². The Labute approximate surface area is 109 Å². The minimum atomic E-state index is -1.28. The van der Waals surface area contributed by atoms with Crippen LogP contribution < -0.4 is 0 Å². The zero-order valence-corrected chi connectivity index (χ0v) is 10.0. The van der Waals surface area contributed by atoms with Crippen molar-refractivity contribution in [3.63, 3.8) is 0 Å². The SMILES string of the molecule is O=CCCC(C(=O)O)N1C(=O)c2ccccc2C1O. The second-order valence-electron chi connectivity index (χ2n) is 4.27. The third-order valence-corrected chi connectivity index (χ3v) is 3.15. The van der Waals surface area contributed by atoms with Gasteiger partial charge in [-0.1, -0.05) is 18.2 Å². The van der Waals surface area contributed by atoms with Crippen molar-refractivity contribution in [1.82, 2.24) is 4.90 Å². The summed E-state index contributed by atoms with van der Waals surface area (Å²) in [5.74, 6) is -1.76. The number of fused-ring (bicyclic) bond motifs is 1. The van der Waals surface area contributed by atoms with Gasteiger partial charge in [0, 0.05) is 17.5 Å². The van der Waals surface area contributed by atoms with Crippen LogP contribution in [-0.4, -0.2) is 39.3 Å². The standard InChI is InChI=1S/C13H13NO5/c15-7-3-6-10(13(18)19)14-11(16)8-4-1-2-5-9(8)12(14)17/h1-2,4-5,7,10-11,16H,3,6H2,(H,18,19). The normalized spacial score (nSPS) is 19.1. The highest BCUT2D eigenvalue weighted by Crippen LogP contribution is 2.34. The largest absolute Gasteiger partial charge is 0.480 e. The molecular weight excluding hydrogens is 250 g/mol. The van der Waals surface area contributed by atoms with Gasteiger partial charge in [0.15, 0.2) is 6.23 Å². The molecule has 0 bridgehead atoms. The zero-order valence-electron chi connectivity index (χ0n) is 10.0. The predicted molar refractivity (Wildman–Crippen MR) is 64.3 cm³/mol. The maximum atomic E-state index is 12.1. The summed E-state index contributed by atoms with van der Waals surface area (Å²) in [5, 5.41) is 19.2. The van der Waals surface area contributed by atoms with E-state index in [1.807, 2.05) is 0 Å². The maximum Gasteiger partial charge on any atom is 0.326 e. The Bertz CT molecular complexity index is 528. The van der Waals surface area contributed by atoms with Crippen LogP contribution in [0.1, 0.15) is 35.0 Å². The first-order chi connectivity index (χ1) is 9.07. The molecule has 1 aliphatic rings. The third kappa shape index (κ3) is 2.22. The molecule has 0 radical (unpaired) electrons. The van der Waals surface area contributed by atoms with Crippen LogP contribution in [0.3, 0.4) is 0 Å². The quantitative estimate of drug-likeness (QED) is 0.757. The topological polar surface area (TPSA) is 94.9 Å². The first-order valence-corrected chi connectivity index (χ1v) is 5.84. The molecule has 0 spiro atoms. The van der Waals surface area contributed by atoms with Crippen LogP contribution in [0, 0.1) is 0 Å². The Hall–Kier alpha value is -2.21. The van der Waals surface area contributed by atoms with Crippen LogP contribution in [-0.2, 0) is 9.59 Å². The predicted octanol–water partition coefficient (Wildman–Crippen LogP) is 0.566. The number of carboxylic acids is 1. The number of carbonyl (C=O) groups excluding carboxylic acids is 2. The lowest BCUT2D eigenvalue weighted by Gasteiger charge is -2.27. The summed E-state index contributed by atoms with van der Waals surface area (Å²) in [4.78, 5) is 34.6. The second kappa shape index (κ2) is 5.19. The number of rotatable bonds is 5. The van der Waals surface area contributed by atoms with Crippen molar-refractivity contribution in [2.45, 2.75) is 25.1 Å². The van der Waals surface area contributed by atoms with Gasteiger partial charge in [0.25, 0.3) is 5.91 Å². The summed E-state index contributed by atoms with van der Waals surface area (Å²) in [6, 6.07) is 5.23. The molecule has 0 saturated heterocycles. The van der Waals surface area contributed by atoms with Gasteiger partial charge >= 0.3 is 5.97 Å². The maximum absolute atomic E-state index is 12.1. The summed E-state index contributed by atoms with van der Waals surface area (Å²) in [6.45, 7) is 0. The highest BCUT2D eigenvalue weighted by atomic mass is 16.4. The average molecular weight is 263 g/mol. The molecule has 0 fully saturated rings. The minimum Gasteiger partial charge on any atom is -0.480 e. The molecule has 2 N–H and O–H groups in total. The molecule has 6 heteroatoms. The molecule has 1 heterocycles. The molecule has 0 saturated carbocycles. The number of nitrogens with zero attached hydrogens (tertiary/aromatic N) is 1. The highest BCUT2D eigenvalue weighted by molar-refractivity contribution is 6.01. The molecule has 1 aromatic rings. The Morgan fingerprint density at radius 3 is 2.68 bits per heavy atom. The smallest absolute Gasteiger partial charge is 0.326 e. The Morgan fingerprint density at radius 1 is 1.42 bits per heavy atom. The fraction of sp³-hybridized carbons (Fsp3) is 0.308. The van der Waals surface area contributed by atoms with E-state index in [9.17, 15) is 19.5 Å². The molecule has 100 valence electrons. The van der Waals surface area contributed by atoms with E-state index in [-0.39, 0.29) is 12.8 Å². The van der Waals surface area contributed by atoms with Gasteiger partial charge in [0.1, 0.15) is 12.3 Å². The number of hydrogen-bond donors (Lipinski definition) is 2. The summed E-state index contributed by atoms with van der Waals surface area (Å²) in [7, 11) is 0. The van der Waals surface area contributed by atoms with Gasteiger partial charge in [-0.05, 0) is 12.5 Å². The fourth-order valence-corrected chi connectivity index (χ4v) is 2.24. The van der Waals surface area contributed by atoms with Gasteiger partial charge < -0.3 is 15.0 Å². The number of aliphatic hydroxyl groups excluding tert-OH is 1. The number of hydrogen-bond acceptors (Lipinski definition) is 4. The van der Waals surface area contributed by atoms with Gasteiger partial charge in [-0.3, -0.25) is 9.69 Å². The van der Waals surface area contributed by atoms with E-state index in [4.69, 9.17) is 5.11 Å². The number of amides is 1. The summed E-state index contributed by atoms with van der Waals surface area (Å²) < 4.78 is 0. The Balaban J connectivity index is 2.33. The molecular formula is C13H13NO5. The van der Waals surface area contributed by atoms with E-state index >= 15 is 0 Å². The Morgan fingerprint density at radius 2 is 2.11 bits per heavy atom. The van der Waals surface area contributed by atoms with Gasteiger partial charge in [-0.15, -0.1) is 0 Å².